The normalized spacial score (nSPS) is 11.4. The van der Waals surface area contributed by atoms with Gasteiger partial charge in [-0.2, -0.15) is 4.99 Å². The van der Waals surface area contributed by atoms with E-state index in [1.165, 1.54) is 32.7 Å². The van der Waals surface area contributed by atoms with E-state index in [-0.39, 0.29) is 6.54 Å². The molecule has 10 heteroatoms. The molecule has 1 amide bonds. The van der Waals surface area contributed by atoms with Gasteiger partial charge in [0.05, 0.1) is 44.8 Å². The van der Waals surface area contributed by atoms with Gasteiger partial charge in [0.1, 0.15) is 6.54 Å². The molecular weight excluding hydrogens is 448 g/mol. The van der Waals surface area contributed by atoms with E-state index < -0.39 is 11.9 Å². The van der Waals surface area contributed by atoms with E-state index in [1.54, 1.807) is 34.9 Å². The lowest BCUT2D eigenvalue weighted by molar-refractivity contribution is -0.141. The van der Waals surface area contributed by atoms with E-state index in [1.807, 2.05) is 13.8 Å². The Kier molecular flexibility index (Phi) is 7.94. The molecule has 0 saturated heterocycles. The Morgan fingerprint density at radius 2 is 1.58 bits per heavy atom. The van der Waals surface area contributed by atoms with Crippen LogP contribution in [0, 0.1) is 0 Å². The third kappa shape index (κ3) is 5.28. The molecule has 176 valence electrons. The van der Waals surface area contributed by atoms with Gasteiger partial charge in [0, 0.05) is 17.7 Å². The van der Waals surface area contributed by atoms with Crippen molar-refractivity contribution in [1.82, 2.24) is 4.57 Å². The lowest BCUT2D eigenvalue weighted by Gasteiger charge is -2.11. The van der Waals surface area contributed by atoms with Crippen LogP contribution in [0.15, 0.2) is 35.3 Å². The predicted octanol–water partition coefficient (Wildman–Crippen LogP) is 3.43. The first kappa shape index (κ1) is 24.1. The summed E-state index contributed by atoms with van der Waals surface area (Å²) in [5.74, 6) is 1.09. The molecule has 0 aliphatic carbocycles. The zero-order chi connectivity index (χ0) is 24.0. The van der Waals surface area contributed by atoms with Gasteiger partial charge in [0.25, 0.3) is 5.91 Å². The highest BCUT2D eigenvalue weighted by Gasteiger charge is 2.17. The number of benzene rings is 2. The summed E-state index contributed by atoms with van der Waals surface area (Å²) >= 11 is 1.25. The molecule has 0 aliphatic heterocycles. The Morgan fingerprint density at radius 1 is 0.909 bits per heavy atom. The average Bonchev–Trinajstić information content (AvgIpc) is 3.14. The number of nitrogens with zero attached hydrogens (tertiary/aromatic N) is 2. The molecule has 0 unspecified atom stereocenters. The van der Waals surface area contributed by atoms with E-state index in [9.17, 15) is 9.59 Å². The molecule has 0 bridgehead atoms. The summed E-state index contributed by atoms with van der Waals surface area (Å²) in [6.07, 6.45) is 0. The maximum absolute atomic E-state index is 13.0. The minimum atomic E-state index is -0.483. The highest BCUT2D eigenvalue weighted by molar-refractivity contribution is 7.16. The maximum Gasteiger partial charge on any atom is 0.325 e. The van der Waals surface area contributed by atoms with Gasteiger partial charge in [-0.3, -0.25) is 9.59 Å². The quantitative estimate of drug-likeness (QED) is 0.438. The van der Waals surface area contributed by atoms with E-state index in [0.29, 0.717) is 52.1 Å². The standard InChI is InChI=1S/C23H26N2O7S/c1-6-31-16-9-8-14(10-19(16)32-7-2)22(27)24-23-25(13-21(26)30-5)15-11-17(28-3)18(29-4)12-20(15)33-23/h8-12H,6-7,13H2,1-5H3. The van der Waals surface area contributed by atoms with Crippen molar-refractivity contribution in [3.8, 4) is 23.0 Å². The summed E-state index contributed by atoms with van der Waals surface area (Å²) in [7, 11) is 4.37. The van der Waals surface area contributed by atoms with Crippen molar-refractivity contribution in [3.63, 3.8) is 0 Å². The highest BCUT2D eigenvalue weighted by Crippen LogP contribution is 2.33. The van der Waals surface area contributed by atoms with E-state index >= 15 is 0 Å². The molecule has 0 N–H and O–H groups in total. The van der Waals surface area contributed by atoms with Gasteiger partial charge >= 0.3 is 5.97 Å². The number of ether oxygens (including phenoxy) is 5. The van der Waals surface area contributed by atoms with Crippen molar-refractivity contribution in [2.45, 2.75) is 20.4 Å². The number of amides is 1. The van der Waals surface area contributed by atoms with Crippen LogP contribution in [0.2, 0.25) is 0 Å². The zero-order valence-electron chi connectivity index (χ0n) is 19.2. The largest absolute Gasteiger partial charge is 0.493 e. The first-order valence-corrected chi connectivity index (χ1v) is 11.1. The fourth-order valence-electron chi connectivity index (χ4n) is 3.16. The van der Waals surface area contributed by atoms with Crippen molar-refractivity contribution >= 4 is 33.4 Å². The Bertz CT molecular complexity index is 1230. The molecule has 0 fully saturated rings. The number of esters is 1. The zero-order valence-corrected chi connectivity index (χ0v) is 20.0. The molecular formula is C23H26N2O7S. The minimum absolute atomic E-state index is 0.119. The number of methoxy groups -OCH3 is 3. The van der Waals surface area contributed by atoms with Crippen LogP contribution in [-0.2, 0) is 16.1 Å². The summed E-state index contributed by atoms with van der Waals surface area (Å²) in [5, 5.41) is 0. The number of rotatable bonds is 9. The maximum atomic E-state index is 13.0. The number of carbonyl (C=O) groups is 2. The molecule has 0 spiro atoms. The molecule has 0 aliphatic rings. The fourth-order valence-corrected chi connectivity index (χ4v) is 4.20. The van der Waals surface area contributed by atoms with Gasteiger partial charge in [-0.05, 0) is 32.0 Å². The molecule has 1 heterocycles. The lowest BCUT2D eigenvalue weighted by atomic mass is 10.2. The van der Waals surface area contributed by atoms with E-state index in [4.69, 9.17) is 23.7 Å². The van der Waals surface area contributed by atoms with Crippen LogP contribution in [0.3, 0.4) is 0 Å². The Balaban J connectivity index is 2.13. The lowest BCUT2D eigenvalue weighted by Crippen LogP contribution is -2.22. The second-order valence-electron chi connectivity index (χ2n) is 6.67. The number of hydrogen-bond donors (Lipinski definition) is 0. The van der Waals surface area contributed by atoms with Crippen LogP contribution >= 0.6 is 11.3 Å². The summed E-state index contributed by atoms with van der Waals surface area (Å²) < 4.78 is 29.1. The number of thiazole rings is 1. The highest BCUT2D eigenvalue weighted by atomic mass is 32.1. The Labute approximate surface area is 195 Å². The molecule has 1 aromatic heterocycles. The van der Waals surface area contributed by atoms with Crippen molar-refractivity contribution in [3.05, 3.63) is 40.7 Å². The summed E-state index contributed by atoms with van der Waals surface area (Å²) in [6, 6.07) is 8.43. The van der Waals surface area contributed by atoms with Crippen molar-refractivity contribution in [1.29, 1.82) is 0 Å². The second-order valence-corrected chi connectivity index (χ2v) is 7.68. The average molecular weight is 475 g/mol. The monoisotopic (exact) mass is 474 g/mol. The first-order chi connectivity index (χ1) is 15.9. The van der Waals surface area contributed by atoms with Crippen LogP contribution in [0.5, 0.6) is 23.0 Å². The van der Waals surface area contributed by atoms with Gasteiger partial charge in [0.15, 0.2) is 27.8 Å². The van der Waals surface area contributed by atoms with Gasteiger partial charge in [-0.1, -0.05) is 11.3 Å². The summed E-state index contributed by atoms with van der Waals surface area (Å²) in [6.45, 7) is 4.50. The predicted molar refractivity (Wildman–Crippen MR) is 124 cm³/mol. The molecule has 9 nitrogen and oxygen atoms in total. The van der Waals surface area contributed by atoms with Crippen LogP contribution in [0.4, 0.5) is 0 Å². The first-order valence-electron chi connectivity index (χ1n) is 10.3. The number of carbonyl (C=O) groups excluding carboxylic acids is 2. The molecule has 0 atom stereocenters. The topological polar surface area (TPSA) is 97.6 Å². The Morgan fingerprint density at radius 3 is 2.21 bits per heavy atom. The molecule has 0 saturated carbocycles. The summed E-state index contributed by atoms with van der Waals surface area (Å²) in [5.41, 5.74) is 0.996. The van der Waals surface area contributed by atoms with Gasteiger partial charge in [-0.25, -0.2) is 0 Å². The van der Waals surface area contributed by atoms with Crippen LogP contribution in [-0.4, -0.2) is 51.0 Å². The molecule has 33 heavy (non-hydrogen) atoms. The third-order valence-corrected chi connectivity index (χ3v) is 5.73. The van der Waals surface area contributed by atoms with E-state index in [2.05, 4.69) is 4.99 Å². The van der Waals surface area contributed by atoms with Gasteiger partial charge in [0.2, 0.25) is 0 Å². The van der Waals surface area contributed by atoms with Crippen molar-refractivity contribution in [2.24, 2.45) is 4.99 Å². The Hall–Kier alpha value is -3.53. The number of aromatic nitrogens is 1. The van der Waals surface area contributed by atoms with Crippen molar-refractivity contribution < 1.29 is 33.3 Å². The number of hydrogen-bond acceptors (Lipinski definition) is 8. The van der Waals surface area contributed by atoms with Crippen LogP contribution < -0.4 is 23.7 Å². The molecule has 0 radical (unpaired) electrons. The molecule has 3 rings (SSSR count). The fraction of sp³-hybridized carbons (Fsp3) is 0.348. The SMILES string of the molecule is CCOc1ccc(C(=O)N=c2sc3cc(OC)c(OC)cc3n2CC(=O)OC)cc1OCC. The summed E-state index contributed by atoms with van der Waals surface area (Å²) in [4.78, 5) is 29.7. The van der Waals surface area contributed by atoms with E-state index in [0.717, 1.165) is 4.70 Å². The van der Waals surface area contributed by atoms with Gasteiger partial charge in [-0.15, -0.1) is 0 Å². The third-order valence-electron chi connectivity index (χ3n) is 4.69. The number of fused-ring (bicyclic) bond motifs is 1. The molecule has 2 aromatic carbocycles. The van der Waals surface area contributed by atoms with Crippen LogP contribution in [0.25, 0.3) is 10.2 Å². The van der Waals surface area contributed by atoms with Crippen molar-refractivity contribution in [2.75, 3.05) is 34.5 Å². The second kappa shape index (κ2) is 10.9. The molecule has 3 aromatic rings. The minimum Gasteiger partial charge on any atom is -0.493 e. The van der Waals surface area contributed by atoms with Crippen LogP contribution in [0.1, 0.15) is 24.2 Å². The smallest absolute Gasteiger partial charge is 0.325 e. The van der Waals surface area contributed by atoms with Gasteiger partial charge < -0.3 is 28.3 Å².